The topological polar surface area (TPSA) is 0 Å². The van der Waals surface area contributed by atoms with E-state index in [9.17, 15) is 0 Å². The fraction of sp³-hybridized carbons (Fsp3) is 0.467. The smallest absolute Gasteiger partial charge is 0.0145 e. The monoisotopic (exact) mass is 202 g/mol. The van der Waals surface area contributed by atoms with E-state index in [0.29, 0.717) is 5.92 Å². The molecule has 0 nitrogen and oxygen atoms in total. The van der Waals surface area contributed by atoms with E-state index in [4.69, 9.17) is 0 Å². The Hall–Kier alpha value is -1.04. The van der Waals surface area contributed by atoms with Crippen molar-refractivity contribution in [2.45, 2.75) is 40.5 Å². The first-order valence-corrected chi connectivity index (χ1v) is 5.82. The zero-order valence-corrected chi connectivity index (χ0v) is 10.4. The molecule has 15 heavy (non-hydrogen) atoms. The van der Waals surface area contributed by atoms with E-state index in [1.807, 2.05) is 0 Å². The molecule has 0 saturated heterocycles. The number of rotatable bonds is 2. The van der Waals surface area contributed by atoms with Crippen molar-refractivity contribution < 1.29 is 0 Å². The van der Waals surface area contributed by atoms with Crippen molar-refractivity contribution in [1.82, 2.24) is 0 Å². The minimum absolute atomic E-state index is 0.619. The van der Waals surface area contributed by atoms with Gasteiger partial charge in [-0.1, -0.05) is 44.2 Å². The van der Waals surface area contributed by atoms with E-state index < -0.39 is 0 Å². The van der Waals surface area contributed by atoms with Gasteiger partial charge in [0.2, 0.25) is 0 Å². The molecule has 1 unspecified atom stereocenters. The molecule has 1 atom stereocenters. The third kappa shape index (κ3) is 2.71. The molecule has 0 radical (unpaired) electrons. The normalized spacial score (nSPS) is 25.7. The maximum Gasteiger partial charge on any atom is -0.0145 e. The Kier molecular flexibility index (Phi) is 4.14. The molecule has 0 bridgehead atoms. The summed E-state index contributed by atoms with van der Waals surface area (Å²) in [5.41, 5.74) is 5.54. The van der Waals surface area contributed by atoms with E-state index >= 15 is 0 Å². The van der Waals surface area contributed by atoms with Gasteiger partial charge in [-0.2, -0.15) is 0 Å². The highest BCUT2D eigenvalue weighted by atomic mass is 14.2. The Balaban J connectivity index is 3.08. The number of hydrogen-bond acceptors (Lipinski definition) is 0. The predicted octanol–water partition coefficient (Wildman–Crippen LogP) is 4.81. The van der Waals surface area contributed by atoms with Crippen molar-refractivity contribution in [3.05, 3.63) is 47.1 Å². The van der Waals surface area contributed by atoms with Crippen LogP contribution in [0.2, 0.25) is 0 Å². The standard InChI is InChI=1S/C15H22/c1-6-8-11(3)15-12(4)9-14(7-2)10-13(15)5/h6,8-9,13H,4,7,10H2,1-3,5H3/b8-6-,15-11-. The summed E-state index contributed by atoms with van der Waals surface area (Å²) in [6.45, 7) is 12.9. The number of allylic oxidation sites excluding steroid dienone is 7. The molecule has 0 N–H and O–H groups in total. The van der Waals surface area contributed by atoms with Crippen LogP contribution in [0.1, 0.15) is 40.5 Å². The summed E-state index contributed by atoms with van der Waals surface area (Å²) >= 11 is 0. The molecule has 0 aromatic heterocycles. The molecule has 82 valence electrons. The highest BCUT2D eigenvalue weighted by molar-refractivity contribution is 5.49. The lowest BCUT2D eigenvalue weighted by Crippen LogP contribution is -2.10. The SMILES string of the molecule is C=C1C=C(CC)CC(C)/C1=C(C)\C=C/C. The van der Waals surface area contributed by atoms with Crippen LogP contribution in [0.5, 0.6) is 0 Å². The van der Waals surface area contributed by atoms with Crippen LogP contribution < -0.4 is 0 Å². The van der Waals surface area contributed by atoms with Crippen LogP contribution in [0.15, 0.2) is 47.1 Å². The Labute approximate surface area is 94.1 Å². The average molecular weight is 202 g/mol. The van der Waals surface area contributed by atoms with Gasteiger partial charge in [0.05, 0.1) is 0 Å². The van der Waals surface area contributed by atoms with Crippen LogP contribution in [0.4, 0.5) is 0 Å². The summed E-state index contributed by atoms with van der Waals surface area (Å²) in [6.07, 6.45) is 8.89. The van der Waals surface area contributed by atoms with Gasteiger partial charge in [-0.05, 0) is 49.3 Å². The van der Waals surface area contributed by atoms with E-state index in [2.05, 4.69) is 52.5 Å². The molecule has 0 heteroatoms. The zero-order valence-electron chi connectivity index (χ0n) is 10.4. The average Bonchev–Trinajstić information content (AvgIpc) is 2.16. The van der Waals surface area contributed by atoms with Gasteiger partial charge in [-0.3, -0.25) is 0 Å². The van der Waals surface area contributed by atoms with E-state index in [1.54, 1.807) is 0 Å². The van der Waals surface area contributed by atoms with E-state index in [-0.39, 0.29) is 0 Å². The molecule has 0 fully saturated rings. The molecule has 0 aromatic carbocycles. The van der Waals surface area contributed by atoms with Crippen molar-refractivity contribution >= 4 is 0 Å². The second-order valence-corrected chi connectivity index (χ2v) is 4.38. The lowest BCUT2D eigenvalue weighted by Gasteiger charge is -2.25. The van der Waals surface area contributed by atoms with Crippen molar-refractivity contribution in [2.24, 2.45) is 5.92 Å². The van der Waals surface area contributed by atoms with Gasteiger partial charge < -0.3 is 0 Å². The molecule has 0 spiro atoms. The third-order valence-corrected chi connectivity index (χ3v) is 3.08. The lowest BCUT2D eigenvalue weighted by molar-refractivity contribution is 0.647. The lowest BCUT2D eigenvalue weighted by atomic mass is 9.80. The summed E-state index contributed by atoms with van der Waals surface area (Å²) < 4.78 is 0. The first kappa shape index (κ1) is 12.0. The minimum Gasteiger partial charge on any atom is -0.0915 e. The Morgan fingerprint density at radius 2 is 2.27 bits per heavy atom. The largest absolute Gasteiger partial charge is 0.0915 e. The molecule has 0 aliphatic heterocycles. The van der Waals surface area contributed by atoms with Gasteiger partial charge in [0.25, 0.3) is 0 Å². The molecule has 0 saturated carbocycles. The fourth-order valence-corrected chi connectivity index (χ4v) is 2.42. The van der Waals surface area contributed by atoms with Crippen molar-refractivity contribution in [2.75, 3.05) is 0 Å². The van der Waals surface area contributed by atoms with Gasteiger partial charge in [-0.15, -0.1) is 0 Å². The highest BCUT2D eigenvalue weighted by Crippen LogP contribution is 2.35. The Morgan fingerprint density at radius 3 is 2.73 bits per heavy atom. The number of hydrogen-bond donors (Lipinski definition) is 0. The van der Waals surface area contributed by atoms with Gasteiger partial charge in [-0.25, -0.2) is 0 Å². The molecule has 1 aliphatic rings. The maximum absolute atomic E-state index is 4.18. The first-order chi connectivity index (χ1) is 7.10. The highest BCUT2D eigenvalue weighted by Gasteiger charge is 2.19. The Bertz CT molecular complexity index is 337. The second kappa shape index (κ2) is 5.16. The minimum atomic E-state index is 0.619. The molecule has 0 heterocycles. The molecule has 1 aliphatic carbocycles. The van der Waals surface area contributed by atoms with Gasteiger partial charge in [0.1, 0.15) is 0 Å². The molecular weight excluding hydrogens is 180 g/mol. The van der Waals surface area contributed by atoms with Crippen LogP contribution in [0.3, 0.4) is 0 Å². The molecule has 0 aromatic rings. The van der Waals surface area contributed by atoms with Crippen LogP contribution in [-0.4, -0.2) is 0 Å². The second-order valence-electron chi connectivity index (χ2n) is 4.38. The summed E-state index contributed by atoms with van der Waals surface area (Å²) in [5, 5.41) is 0. The summed E-state index contributed by atoms with van der Waals surface area (Å²) in [7, 11) is 0. The van der Waals surface area contributed by atoms with Crippen molar-refractivity contribution in [3.63, 3.8) is 0 Å². The van der Waals surface area contributed by atoms with Crippen LogP contribution >= 0.6 is 0 Å². The summed E-state index contributed by atoms with van der Waals surface area (Å²) in [5.74, 6) is 0.619. The van der Waals surface area contributed by atoms with Gasteiger partial charge in [0.15, 0.2) is 0 Å². The maximum atomic E-state index is 4.18. The van der Waals surface area contributed by atoms with Crippen molar-refractivity contribution in [1.29, 1.82) is 0 Å². The fourth-order valence-electron chi connectivity index (χ4n) is 2.42. The van der Waals surface area contributed by atoms with Gasteiger partial charge >= 0.3 is 0 Å². The van der Waals surface area contributed by atoms with E-state index in [1.165, 1.54) is 28.7 Å². The van der Waals surface area contributed by atoms with E-state index in [0.717, 1.165) is 6.42 Å². The van der Waals surface area contributed by atoms with Crippen LogP contribution in [0, 0.1) is 5.92 Å². The third-order valence-electron chi connectivity index (χ3n) is 3.08. The molecule has 0 amide bonds. The predicted molar refractivity (Wildman–Crippen MR) is 68.8 cm³/mol. The molecular formula is C15H22. The quantitative estimate of drug-likeness (QED) is 0.602. The summed E-state index contributed by atoms with van der Waals surface area (Å²) in [6, 6.07) is 0. The first-order valence-electron chi connectivity index (χ1n) is 5.82. The zero-order chi connectivity index (χ0) is 11.4. The molecule has 1 rings (SSSR count). The Morgan fingerprint density at radius 1 is 1.60 bits per heavy atom. The van der Waals surface area contributed by atoms with Gasteiger partial charge in [0, 0.05) is 0 Å². The summed E-state index contributed by atoms with van der Waals surface area (Å²) in [4.78, 5) is 0. The van der Waals surface area contributed by atoms with Crippen LogP contribution in [0.25, 0.3) is 0 Å². The van der Waals surface area contributed by atoms with Crippen LogP contribution in [-0.2, 0) is 0 Å². The van der Waals surface area contributed by atoms with Crippen molar-refractivity contribution in [3.8, 4) is 0 Å².